The normalized spacial score (nSPS) is 13.3. The number of rotatable bonds is 7. The SMILES string of the molecule is C=C(OC(=O)CCC(C)C)/C(F)=C(F)\C=C(\F)CF. The van der Waals surface area contributed by atoms with Gasteiger partial charge in [-0.1, -0.05) is 20.4 Å². The van der Waals surface area contributed by atoms with Gasteiger partial charge >= 0.3 is 5.97 Å². The van der Waals surface area contributed by atoms with Crippen LogP contribution in [0, 0.1) is 5.92 Å². The molecule has 0 saturated heterocycles. The molecule has 0 amide bonds. The molecular formula is C13H16F4O2. The van der Waals surface area contributed by atoms with Crippen LogP contribution in [0.1, 0.15) is 26.7 Å². The topological polar surface area (TPSA) is 26.3 Å². The number of hydrogen-bond acceptors (Lipinski definition) is 2. The van der Waals surface area contributed by atoms with E-state index in [1.165, 1.54) is 0 Å². The zero-order chi connectivity index (χ0) is 15.0. The van der Waals surface area contributed by atoms with Gasteiger partial charge in [0.25, 0.3) is 0 Å². The molecule has 0 radical (unpaired) electrons. The van der Waals surface area contributed by atoms with E-state index < -0.39 is 35.9 Å². The van der Waals surface area contributed by atoms with Crippen molar-refractivity contribution in [2.45, 2.75) is 26.7 Å². The molecule has 0 rings (SSSR count). The molecule has 0 N–H and O–H groups in total. The highest BCUT2D eigenvalue weighted by Crippen LogP contribution is 2.21. The molecule has 0 aromatic rings. The fourth-order valence-corrected chi connectivity index (χ4v) is 1.01. The summed E-state index contributed by atoms with van der Waals surface area (Å²) in [6, 6.07) is 0. The highest BCUT2D eigenvalue weighted by molar-refractivity contribution is 5.71. The summed E-state index contributed by atoms with van der Waals surface area (Å²) in [5, 5.41) is 0. The van der Waals surface area contributed by atoms with Gasteiger partial charge in [0, 0.05) is 12.5 Å². The molecule has 19 heavy (non-hydrogen) atoms. The first-order valence-electron chi connectivity index (χ1n) is 5.65. The quantitative estimate of drug-likeness (QED) is 0.298. The summed E-state index contributed by atoms with van der Waals surface area (Å²) >= 11 is 0. The van der Waals surface area contributed by atoms with Crippen molar-refractivity contribution in [3.05, 3.63) is 35.9 Å². The molecule has 0 unspecified atom stereocenters. The maximum Gasteiger partial charge on any atom is 0.311 e. The Morgan fingerprint density at radius 1 is 1.32 bits per heavy atom. The third-order valence-corrected chi connectivity index (χ3v) is 2.03. The van der Waals surface area contributed by atoms with Crippen LogP contribution in [0.2, 0.25) is 0 Å². The summed E-state index contributed by atoms with van der Waals surface area (Å²) in [5.74, 6) is -6.19. The minimum atomic E-state index is -1.68. The third-order valence-electron chi connectivity index (χ3n) is 2.03. The van der Waals surface area contributed by atoms with Gasteiger partial charge in [0.15, 0.2) is 11.6 Å². The Kier molecular flexibility index (Phi) is 7.79. The van der Waals surface area contributed by atoms with Crippen molar-refractivity contribution in [3.8, 4) is 0 Å². The fraction of sp³-hybridized carbons (Fsp3) is 0.462. The van der Waals surface area contributed by atoms with Gasteiger partial charge in [0.1, 0.15) is 12.5 Å². The second-order valence-corrected chi connectivity index (χ2v) is 4.22. The van der Waals surface area contributed by atoms with Crippen LogP contribution in [0.25, 0.3) is 0 Å². The number of carbonyl (C=O) groups excluding carboxylic acids is 1. The average molecular weight is 280 g/mol. The molecule has 0 aliphatic heterocycles. The molecule has 6 heteroatoms. The van der Waals surface area contributed by atoms with Crippen LogP contribution < -0.4 is 0 Å². The zero-order valence-electron chi connectivity index (χ0n) is 10.8. The fourth-order valence-electron chi connectivity index (χ4n) is 1.01. The maximum absolute atomic E-state index is 13.2. The number of hydrogen-bond donors (Lipinski definition) is 0. The molecule has 0 aromatic carbocycles. The largest absolute Gasteiger partial charge is 0.424 e. The van der Waals surface area contributed by atoms with Crippen molar-refractivity contribution in [2.24, 2.45) is 5.92 Å². The molecule has 0 atom stereocenters. The van der Waals surface area contributed by atoms with E-state index in [1.54, 1.807) is 0 Å². The first kappa shape index (κ1) is 17.4. The number of carbonyl (C=O) groups is 1. The number of ether oxygens (including phenoxy) is 1. The Bertz CT molecular complexity index is 397. The zero-order valence-corrected chi connectivity index (χ0v) is 10.8. The molecule has 0 aliphatic carbocycles. The molecular weight excluding hydrogens is 264 g/mol. The van der Waals surface area contributed by atoms with Crippen molar-refractivity contribution in [3.63, 3.8) is 0 Å². The molecule has 0 saturated carbocycles. The molecule has 108 valence electrons. The summed E-state index contributed by atoms with van der Waals surface area (Å²) in [5.41, 5.74) is 0. The van der Waals surface area contributed by atoms with E-state index in [4.69, 9.17) is 0 Å². The lowest BCUT2D eigenvalue weighted by atomic mass is 10.1. The van der Waals surface area contributed by atoms with Crippen molar-refractivity contribution in [1.29, 1.82) is 0 Å². The molecule has 0 aromatic heterocycles. The molecule has 0 spiro atoms. The Labute approximate surface area is 109 Å². The molecule has 0 fully saturated rings. The lowest BCUT2D eigenvalue weighted by molar-refractivity contribution is -0.139. The standard InChI is InChI=1S/C13H16F4O2/c1-8(2)4-5-12(18)19-9(3)13(17)11(16)6-10(15)7-14/h6,8H,3-5,7H2,1-2H3/b10-6+,13-11-. The highest BCUT2D eigenvalue weighted by Gasteiger charge is 2.15. The second-order valence-electron chi connectivity index (χ2n) is 4.22. The van der Waals surface area contributed by atoms with Crippen LogP contribution in [-0.4, -0.2) is 12.6 Å². The average Bonchev–Trinajstić information content (AvgIpc) is 2.34. The van der Waals surface area contributed by atoms with Crippen molar-refractivity contribution in [1.82, 2.24) is 0 Å². The van der Waals surface area contributed by atoms with Crippen molar-refractivity contribution >= 4 is 5.97 Å². The van der Waals surface area contributed by atoms with E-state index in [-0.39, 0.29) is 18.4 Å². The summed E-state index contributed by atoms with van der Waals surface area (Å²) < 4.78 is 54.8. The number of allylic oxidation sites excluding steroid dienone is 4. The van der Waals surface area contributed by atoms with Gasteiger partial charge in [-0.15, -0.1) is 0 Å². The van der Waals surface area contributed by atoms with E-state index in [0.717, 1.165) is 0 Å². The van der Waals surface area contributed by atoms with Crippen LogP contribution in [0.15, 0.2) is 35.9 Å². The van der Waals surface area contributed by atoms with Crippen LogP contribution >= 0.6 is 0 Å². The van der Waals surface area contributed by atoms with Crippen LogP contribution in [-0.2, 0) is 9.53 Å². The van der Waals surface area contributed by atoms with Gasteiger partial charge in [-0.05, 0) is 12.3 Å². The van der Waals surface area contributed by atoms with E-state index in [9.17, 15) is 22.4 Å². The van der Waals surface area contributed by atoms with Crippen LogP contribution in [0.3, 0.4) is 0 Å². The summed E-state index contributed by atoms with van der Waals surface area (Å²) in [6.07, 6.45) is 0.582. The van der Waals surface area contributed by atoms with E-state index in [1.807, 2.05) is 13.8 Å². The predicted molar refractivity (Wildman–Crippen MR) is 63.7 cm³/mol. The molecule has 2 nitrogen and oxygen atoms in total. The monoisotopic (exact) mass is 280 g/mol. The van der Waals surface area contributed by atoms with Gasteiger partial charge in [0.05, 0.1) is 0 Å². The lowest BCUT2D eigenvalue weighted by Gasteiger charge is -2.07. The number of esters is 1. The molecule has 0 bridgehead atoms. The van der Waals surface area contributed by atoms with Gasteiger partial charge in [-0.3, -0.25) is 4.79 Å². The smallest absolute Gasteiger partial charge is 0.311 e. The van der Waals surface area contributed by atoms with Gasteiger partial charge in [-0.25, -0.2) is 13.2 Å². The first-order valence-corrected chi connectivity index (χ1v) is 5.65. The summed E-state index contributed by atoms with van der Waals surface area (Å²) in [6.45, 7) is 5.22. The third kappa shape index (κ3) is 7.43. The van der Waals surface area contributed by atoms with Crippen LogP contribution in [0.4, 0.5) is 17.6 Å². The van der Waals surface area contributed by atoms with E-state index in [0.29, 0.717) is 6.42 Å². The Morgan fingerprint density at radius 2 is 1.89 bits per heavy atom. The van der Waals surface area contributed by atoms with Crippen LogP contribution in [0.5, 0.6) is 0 Å². The number of alkyl halides is 1. The summed E-state index contributed by atoms with van der Waals surface area (Å²) in [7, 11) is 0. The van der Waals surface area contributed by atoms with Gasteiger partial charge in [0.2, 0.25) is 5.83 Å². The minimum Gasteiger partial charge on any atom is -0.424 e. The lowest BCUT2D eigenvalue weighted by Crippen LogP contribution is -2.06. The Hall–Kier alpha value is -1.59. The van der Waals surface area contributed by atoms with E-state index >= 15 is 0 Å². The first-order chi connectivity index (χ1) is 8.77. The molecule has 0 aliphatic rings. The molecule has 0 heterocycles. The minimum absolute atomic E-state index is 0.0280. The van der Waals surface area contributed by atoms with Gasteiger partial charge in [-0.2, -0.15) is 4.39 Å². The number of halogens is 4. The maximum atomic E-state index is 13.2. The van der Waals surface area contributed by atoms with E-state index in [2.05, 4.69) is 11.3 Å². The summed E-state index contributed by atoms with van der Waals surface area (Å²) in [4.78, 5) is 11.2. The van der Waals surface area contributed by atoms with Crippen molar-refractivity contribution in [2.75, 3.05) is 6.67 Å². The highest BCUT2D eigenvalue weighted by atomic mass is 19.2. The predicted octanol–water partition coefficient (Wildman–Crippen LogP) is 4.45. The Morgan fingerprint density at radius 3 is 2.37 bits per heavy atom. The van der Waals surface area contributed by atoms with Gasteiger partial charge < -0.3 is 4.74 Å². The van der Waals surface area contributed by atoms with Crippen molar-refractivity contribution < 1.29 is 27.1 Å². The second kappa shape index (κ2) is 8.50. The Balaban J connectivity index is 4.57.